The summed E-state index contributed by atoms with van der Waals surface area (Å²) in [6, 6.07) is 49.1. The van der Waals surface area contributed by atoms with Crippen LogP contribution in [0.25, 0.3) is 122 Å². The van der Waals surface area contributed by atoms with Gasteiger partial charge in [0.05, 0.1) is 0 Å². The minimum Gasteiger partial charge on any atom is -0.456 e. The van der Waals surface area contributed by atoms with Gasteiger partial charge in [0, 0.05) is 67.0 Å². The van der Waals surface area contributed by atoms with E-state index in [0.29, 0.717) is 23.1 Å². The molecule has 0 aliphatic heterocycles. The van der Waals surface area contributed by atoms with Gasteiger partial charge in [-0.15, -0.1) is 0 Å². The Morgan fingerprint density at radius 1 is 0.345 bits per heavy atom. The van der Waals surface area contributed by atoms with Crippen molar-refractivity contribution >= 4 is 76.6 Å². The lowest BCUT2D eigenvalue weighted by Gasteiger charge is -2.10. The fourth-order valence-electron chi connectivity index (χ4n) is 8.07. The molecule has 0 saturated heterocycles. The average Bonchev–Trinajstić information content (AvgIpc) is 3.94. The van der Waals surface area contributed by atoms with Crippen molar-refractivity contribution in [3.63, 3.8) is 0 Å². The van der Waals surface area contributed by atoms with Gasteiger partial charge in [0.25, 0.3) is 0 Å². The Balaban J connectivity index is 1.09. The van der Waals surface area contributed by atoms with E-state index < -0.39 is 0 Å². The highest BCUT2D eigenvalue weighted by atomic mass is 16.3. The molecule has 7 aromatic carbocycles. The van der Waals surface area contributed by atoms with Gasteiger partial charge in [-0.05, 0) is 58.8 Å². The van der Waals surface area contributed by atoms with Crippen molar-refractivity contribution in [1.82, 2.24) is 19.9 Å². The van der Waals surface area contributed by atoms with E-state index >= 15 is 0 Å². The van der Waals surface area contributed by atoms with Crippen LogP contribution in [-0.2, 0) is 0 Å². The molecule has 7 heteroatoms. The van der Waals surface area contributed by atoms with Gasteiger partial charge in [0.1, 0.15) is 33.5 Å². The second-order valence-electron chi connectivity index (χ2n) is 13.8. The highest BCUT2D eigenvalue weighted by molar-refractivity contribution is 6.19. The molecule has 0 atom stereocenters. The number of hydrogen-bond donors (Lipinski definition) is 0. The number of benzene rings is 7. The fraction of sp³-hybridized carbons (Fsp3) is 0. The number of nitrogens with zero attached hydrogens (tertiary/aromatic N) is 4. The van der Waals surface area contributed by atoms with Crippen molar-refractivity contribution in [3.8, 4) is 45.3 Å². The van der Waals surface area contributed by atoms with E-state index in [-0.39, 0.29) is 0 Å². The van der Waals surface area contributed by atoms with Crippen molar-refractivity contribution in [2.45, 2.75) is 0 Å². The fourth-order valence-corrected chi connectivity index (χ4v) is 8.07. The van der Waals surface area contributed by atoms with Crippen LogP contribution in [-0.4, -0.2) is 19.9 Å². The molecule has 7 nitrogen and oxygen atoms in total. The van der Waals surface area contributed by atoms with Crippen LogP contribution in [0.3, 0.4) is 0 Å². The van der Waals surface area contributed by atoms with Crippen LogP contribution in [0.2, 0.25) is 0 Å². The van der Waals surface area contributed by atoms with Gasteiger partial charge in [-0.1, -0.05) is 103 Å². The molecule has 5 heterocycles. The number of aromatic nitrogens is 4. The maximum atomic E-state index is 6.74. The van der Waals surface area contributed by atoms with Crippen LogP contribution in [0.1, 0.15) is 0 Å². The normalized spacial score (nSPS) is 12.0. The van der Waals surface area contributed by atoms with Gasteiger partial charge in [-0.2, -0.15) is 0 Å². The van der Waals surface area contributed by atoms with Crippen LogP contribution in [0, 0.1) is 0 Å². The second-order valence-corrected chi connectivity index (χ2v) is 13.8. The number of rotatable bonds is 4. The molecular weight excluding hydrogens is 681 g/mol. The summed E-state index contributed by atoms with van der Waals surface area (Å²) < 4.78 is 19.3. The Morgan fingerprint density at radius 2 is 0.945 bits per heavy atom. The molecule has 0 unspecified atom stereocenters. The maximum Gasteiger partial charge on any atom is 0.164 e. The number of para-hydroxylation sites is 2. The van der Waals surface area contributed by atoms with Gasteiger partial charge in [-0.3, -0.25) is 4.98 Å². The number of furan rings is 3. The third kappa shape index (κ3) is 4.57. The SMILES string of the molecule is c1ccc2cc(-c3nc(-c4ccc5c(c4)oc4ccccc45)nc(-c4cccc5oc6c(-c7cccc8oc9ccccc9c78)cncc6c45)n3)ccc2c1. The maximum absolute atomic E-state index is 6.74. The topological polar surface area (TPSA) is 91.0 Å². The molecule has 0 saturated carbocycles. The highest BCUT2D eigenvalue weighted by Gasteiger charge is 2.22. The largest absolute Gasteiger partial charge is 0.456 e. The molecule has 0 bridgehead atoms. The van der Waals surface area contributed by atoms with Crippen LogP contribution in [0.4, 0.5) is 0 Å². The Bertz CT molecular complexity index is 3520. The Kier molecular flexibility index (Phi) is 6.21. The van der Waals surface area contributed by atoms with Crippen molar-refractivity contribution in [2.24, 2.45) is 0 Å². The van der Waals surface area contributed by atoms with Crippen molar-refractivity contribution in [1.29, 1.82) is 0 Å². The smallest absolute Gasteiger partial charge is 0.164 e. The molecule has 0 aliphatic carbocycles. The molecule has 0 N–H and O–H groups in total. The zero-order valence-corrected chi connectivity index (χ0v) is 29.0. The van der Waals surface area contributed by atoms with Crippen LogP contribution < -0.4 is 0 Å². The van der Waals surface area contributed by atoms with E-state index in [0.717, 1.165) is 98.8 Å². The van der Waals surface area contributed by atoms with Gasteiger partial charge in [-0.25, -0.2) is 15.0 Å². The summed E-state index contributed by atoms with van der Waals surface area (Å²) in [5, 5.41) is 8.18. The third-order valence-electron chi connectivity index (χ3n) is 10.6. The summed E-state index contributed by atoms with van der Waals surface area (Å²) in [7, 11) is 0. The molecule has 0 spiro atoms. The first-order valence-electron chi connectivity index (χ1n) is 18.1. The first kappa shape index (κ1) is 29.9. The molecule has 0 aliphatic rings. The quantitative estimate of drug-likeness (QED) is 0.180. The highest BCUT2D eigenvalue weighted by Crippen LogP contribution is 2.43. The lowest BCUT2D eigenvalue weighted by molar-refractivity contribution is 0.668. The predicted molar refractivity (Wildman–Crippen MR) is 219 cm³/mol. The van der Waals surface area contributed by atoms with Crippen molar-refractivity contribution < 1.29 is 13.3 Å². The molecule has 0 amide bonds. The Hall–Kier alpha value is -7.64. The van der Waals surface area contributed by atoms with Crippen LogP contribution >= 0.6 is 0 Å². The third-order valence-corrected chi connectivity index (χ3v) is 10.6. The van der Waals surface area contributed by atoms with E-state index in [1.54, 1.807) is 0 Å². The van der Waals surface area contributed by atoms with Gasteiger partial charge in [0.2, 0.25) is 0 Å². The molecule has 0 radical (unpaired) electrons. The Labute approximate surface area is 312 Å². The van der Waals surface area contributed by atoms with Gasteiger partial charge < -0.3 is 13.3 Å². The van der Waals surface area contributed by atoms with E-state index in [2.05, 4.69) is 60.7 Å². The lowest BCUT2D eigenvalue weighted by Crippen LogP contribution is -2.00. The molecule has 0 fully saturated rings. The second kappa shape index (κ2) is 11.4. The lowest BCUT2D eigenvalue weighted by atomic mass is 9.98. The molecule has 5 aromatic heterocycles. The molecule has 256 valence electrons. The summed E-state index contributed by atoms with van der Waals surface area (Å²) in [5.74, 6) is 1.63. The van der Waals surface area contributed by atoms with E-state index in [1.807, 2.05) is 97.3 Å². The summed E-state index contributed by atoms with van der Waals surface area (Å²) in [6.45, 7) is 0. The van der Waals surface area contributed by atoms with E-state index in [4.69, 9.17) is 33.2 Å². The van der Waals surface area contributed by atoms with Crippen molar-refractivity contribution in [2.75, 3.05) is 0 Å². The van der Waals surface area contributed by atoms with Gasteiger partial charge in [0.15, 0.2) is 17.5 Å². The average molecular weight is 707 g/mol. The summed E-state index contributed by atoms with van der Waals surface area (Å²) in [4.78, 5) is 20.2. The molecular formula is C48H26N4O3. The summed E-state index contributed by atoms with van der Waals surface area (Å²) in [6.07, 6.45) is 3.73. The summed E-state index contributed by atoms with van der Waals surface area (Å²) >= 11 is 0. The minimum atomic E-state index is 0.527. The zero-order valence-electron chi connectivity index (χ0n) is 29.0. The number of hydrogen-bond acceptors (Lipinski definition) is 7. The molecule has 12 aromatic rings. The van der Waals surface area contributed by atoms with Crippen LogP contribution in [0.5, 0.6) is 0 Å². The van der Waals surface area contributed by atoms with E-state index in [9.17, 15) is 0 Å². The predicted octanol–water partition coefficient (Wildman–Crippen LogP) is 12.8. The standard InChI is InChI=1S/C48H26N4O3/c1-2-10-28-23-29(20-19-27(28)9-1)46-50-47(30-21-22-32-31-11-3-5-15-38(31)54-42(32)24-30)52-48(51-46)35-14-8-18-41-44(35)37-26-49-25-36(45(37)55-41)33-13-7-17-40-43(33)34-12-4-6-16-39(34)53-40/h1-26H. The zero-order chi connectivity index (χ0) is 36.0. The molecule has 55 heavy (non-hydrogen) atoms. The monoisotopic (exact) mass is 706 g/mol. The van der Waals surface area contributed by atoms with Gasteiger partial charge >= 0.3 is 0 Å². The minimum absolute atomic E-state index is 0.527. The first-order chi connectivity index (χ1) is 27.2. The molecule has 12 rings (SSSR count). The number of pyridine rings is 1. The van der Waals surface area contributed by atoms with Crippen molar-refractivity contribution in [3.05, 3.63) is 158 Å². The Morgan fingerprint density at radius 3 is 1.80 bits per heavy atom. The van der Waals surface area contributed by atoms with E-state index in [1.165, 1.54) is 0 Å². The summed E-state index contributed by atoms with van der Waals surface area (Å²) in [5.41, 5.74) is 9.11. The number of fused-ring (bicyclic) bond motifs is 10. The first-order valence-corrected chi connectivity index (χ1v) is 18.1. The van der Waals surface area contributed by atoms with Crippen LogP contribution in [0.15, 0.2) is 171 Å².